The van der Waals surface area contributed by atoms with E-state index < -0.39 is 66.3 Å². The Morgan fingerprint density at radius 1 is 1.15 bits per heavy atom. The number of alkyl halides is 3. The number of sulfonamides is 2. The molecule has 1 heterocycles. The standard InChI is InChI=1S/C23H26ClF4N3O7S2/c1-4-9-39(33,34)29-12-15-13-31(40(35,36)16-6-7-18(25)17(24)11-16)19-10-14(5-8-20(19)37-15)30-21(32)38-22(2,3)23(26,27)28/h5-8,10-11,15,29H,4,9,12-13H2,1-3H3,(H,30,32)/t15-/m0/s1. The van der Waals surface area contributed by atoms with Crippen LogP contribution in [0.15, 0.2) is 41.3 Å². The van der Waals surface area contributed by atoms with E-state index in [9.17, 15) is 39.2 Å². The second-order valence-corrected chi connectivity index (χ2v) is 13.4. The number of rotatable bonds is 9. The van der Waals surface area contributed by atoms with E-state index in [1.807, 2.05) is 0 Å². The molecule has 1 aliphatic rings. The van der Waals surface area contributed by atoms with Gasteiger partial charge < -0.3 is 9.47 Å². The zero-order valence-electron chi connectivity index (χ0n) is 21.4. The number of carbonyl (C=O) groups excluding carboxylic acids is 1. The van der Waals surface area contributed by atoms with Crippen molar-refractivity contribution < 1.29 is 48.7 Å². The van der Waals surface area contributed by atoms with Crippen LogP contribution in [0.25, 0.3) is 0 Å². The lowest BCUT2D eigenvalue weighted by Crippen LogP contribution is -2.48. The van der Waals surface area contributed by atoms with Gasteiger partial charge in [0.25, 0.3) is 10.0 Å². The highest BCUT2D eigenvalue weighted by Gasteiger charge is 2.51. The normalized spacial score (nSPS) is 16.2. The molecule has 1 amide bonds. The maximum Gasteiger partial charge on any atom is 0.427 e. The van der Waals surface area contributed by atoms with Crippen LogP contribution in [0.3, 0.4) is 0 Å². The molecule has 0 radical (unpaired) electrons. The molecular weight excluding hydrogens is 606 g/mol. The van der Waals surface area contributed by atoms with Gasteiger partial charge in [-0.2, -0.15) is 13.2 Å². The van der Waals surface area contributed by atoms with Crippen LogP contribution in [0.4, 0.5) is 33.7 Å². The molecule has 3 rings (SSSR count). The predicted octanol–water partition coefficient (Wildman–Crippen LogP) is 4.65. The number of nitrogens with zero attached hydrogens (tertiary/aromatic N) is 1. The first-order chi connectivity index (χ1) is 18.4. The van der Waals surface area contributed by atoms with Gasteiger partial charge in [0, 0.05) is 12.2 Å². The molecule has 2 aromatic rings. The number of carbonyl (C=O) groups is 1. The zero-order valence-corrected chi connectivity index (χ0v) is 23.8. The SMILES string of the molecule is CCCS(=O)(=O)NC[C@H]1CN(S(=O)(=O)c2ccc(F)c(Cl)c2)c2cc(NC(=O)OC(C)(C)C(F)(F)F)ccc2O1. The molecule has 0 fully saturated rings. The molecule has 0 saturated heterocycles. The van der Waals surface area contributed by atoms with Gasteiger partial charge in [0.2, 0.25) is 15.6 Å². The summed E-state index contributed by atoms with van der Waals surface area (Å²) in [6, 6.07) is 6.31. The minimum atomic E-state index is -4.86. The number of benzene rings is 2. The van der Waals surface area contributed by atoms with Gasteiger partial charge in [0.05, 0.1) is 27.9 Å². The third kappa shape index (κ3) is 7.27. The number of fused-ring (bicyclic) bond motifs is 1. The molecule has 17 heteroatoms. The third-order valence-electron chi connectivity index (χ3n) is 5.65. The summed E-state index contributed by atoms with van der Waals surface area (Å²) in [5.41, 5.74) is -3.09. The summed E-state index contributed by atoms with van der Waals surface area (Å²) in [7, 11) is -8.14. The number of hydrogen-bond acceptors (Lipinski definition) is 7. The Bertz CT molecular complexity index is 1490. The maximum atomic E-state index is 13.7. The number of anilines is 2. The van der Waals surface area contributed by atoms with E-state index in [1.54, 1.807) is 6.92 Å². The quantitative estimate of drug-likeness (QED) is 0.385. The largest absolute Gasteiger partial charge is 0.485 e. The van der Waals surface area contributed by atoms with Crippen LogP contribution in [0.2, 0.25) is 5.02 Å². The average Bonchev–Trinajstić information content (AvgIpc) is 2.82. The third-order valence-corrected chi connectivity index (χ3v) is 9.27. The Labute approximate surface area is 233 Å². The van der Waals surface area contributed by atoms with Crippen LogP contribution >= 0.6 is 11.6 Å². The van der Waals surface area contributed by atoms with Gasteiger partial charge in [-0.3, -0.25) is 9.62 Å². The fourth-order valence-corrected chi connectivity index (χ4v) is 6.37. The zero-order chi connectivity index (χ0) is 30.1. The lowest BCUT2D eigenvalue weighted by Gasteiger charge is -2.36. The maximum absolute atomic E-state index is 13.7. The molecule has 1 aliphatic heterocycles. The highest BCUT2D eigenvalue weighted by Crippen LogP contribution is 2.40. The van der Waals surface area contributed by atoms with E-state index in [4.69, 9.17) is 16.3 Å². The van der Waals surface area contributed by atoms with Crippen LogP contribution in [0.5, 0.6) is 5.75 Å². The second kappa shape index (κ2) is 11.6. The summed E-state index contributed by atoms with van der Waals surface area (Å²) >= 11 is 5.78. The molecule has 0 unspecified atom stereocenters. The highest BCUT2D eigenvalue weighted by atomic mass is 35.5. The van der Waals surface area contributed by atoms with Gasteiger partial charge in [-0.05, 0) is 56.7 Å². The fourth-order valence-electron chi connectivity index (χ4n) is 3.48. The molecule has 1 atom stereocenters. The molecule has 2 N–H and O–H groups in total. The number of halogens is 5. The number of amides is 1. The van der Waals surface area contributed by atoms with Crippen molar-refractivity contribution >= 4 is 49.1 Å². The Kier molecular flexibility index (Phi) is 9.18. The molecule has 2 aromatic carbocycles. The molecule has 10 nitrogen and oxygen atoms in total. The van der Waals surface area contributed by atoms with Crippen LogP contribution in [0.1, 0.15) is 27.2 Å². The summed E-state index contributed by atoms with van der Waals surface area (Å²) in [6.07, 6.45) is -6.99. The molecule has 0 aromatic heterocycles. The molecular formula is C23H26ClF4N3O7S2. The first kappa shape index (κ1) is 31.7. The average molecular weight is 632 g/mol. The summed E-state index contributed by atoms with van der Waals surface area (Å²) in [6.45, 7) is 2.26. The summed E-state index contributed by atoms with van der Waals surface area (Å²) in [4.78, 5) is 11.8. The van der Waals surface area contributed by atoms with Crippen molar-refractivity contribution in [2.24, 2.45) is 0 Å². The Morgan fingerprint density at radius 3 is 2.42 bits per heavy atom. The van der Waals surface area contributed by atoms with E-state index in [-0.39, 0.29) is 29.4 Å². The van der Waals surface area contributed by atoms with Crippen molar-refractivity contribution in [1.29, 1.82) is 0 Å². The monoisotopic (exact) mass is 631 g/mol. The van der Waals surface area contributed by atoms with E-state index in [0.717, 1.165) is 28.6 Å². The van der Waals surface area contributed by atoms with Gasteiger partial charge >= 0.3 is 12.3 Å². The molecule has 0 bridgehead atoms. The lowest BCUT2D eigenvalue weighted by atomic mass is 10.1. The highest BCUT2D eigenvalue weighted by molar-refractivity contribution is 7.92. The smallest absolute Gasteiger partial charge is 0.427 e. The molecule has 0 aliphatic carbocycles. The molecule has 0 spiro atoms. The van der Waals surface area contributed by atoms with Crippen molar-refractivity contribution in [3.8, 4) is 5.75 Å². The van der Waals surface area contributed by atoms with E-state index in [1.165, 1.54) is 12.1 Å². The summed E-state index contributed by atoms with van der Waals surface area (Å²) in [5, 5.41) is 1.65. The van der Waals surface area contributed by atoms with E-state index in [0.29, 0.717) is 20.3 Å². The first-order valence-corrected chi connectivity index (χ1v) is 15.2. The summed E-state index contributed by atoms with van der Waals surface area (Å²) < 4.78 is 118. The second-order valence-electron chi connectivity index (χ2n) is 9.22. The van der Waals surface area contributed by atoms with Crippen molar-refractivity contribution in [3.63, 3.8) is 0 Å². The predicted molar refractivity (Wildman–Crippen MR) is 139 cm³/mol. The first-order valence-electron chi connectivity index (χ1n) is 11.7. The number of nitrogens with one attached hydrogen (secondary N) is 2. The minimum Gasteiger partial charge on any atom is -0.485 e. The lowest BCUT2D eigenvalue weighted by molar-refractivity contribution is -0.242. The summed E-state index contributed by atoms with van der Waals surface area (Å²) in [5.74, 6) is -1.07. The van der Waals surface area contributed by atoms with Crippen molar-refractivity contribution in [3.05, 3.63) is 47.2 Å². The van der Waals surface area contributed by atoms with Crippen LogP contribution < -0.4 is 19.1 Å². The minimum absolute atomic E-state index is 0.0442. The van der Waals surface area contributed by atoms with Gasteiger partial charge in [0.15, 0.2) is 0 Å². The topological polar surface area (TPSA) is 131 Å². The molecule has 40 heavy (non-hydrogen) atoms. The van der Waals surface area contributed by atoms with Crippen LogP contribution in [-0.2, 0) is 24.8 Å². The molecule has 0 saturated carbocycles. The van der Waals surface area contributed by atoms with E-state index in [2.05, 4.69) is 14.8 Å². The van der Waals surface area contributed by atoms with Crippen molar-refractivity contribution in [1.82, 2.24) is 4.72 Å². The van der Waals surface area contributed by atoms with Crippen LogP contribution in [0, 0.1) is 5.82 Å². The number of hydrogen-bond donors (Lipinski definition) is 2. The Morgan fingerprint density at radius 2 is 1.82 bits per heavy atom. The number of ether oxygens (including phenoxy) is 2. The van der Waals surface area contributed by atoms with Gasteiger partial charge in [0.1, 0.15) is 17.7 Å². The van der Waals surface area contributed by atoms with Gasteiger partial charge in [-0.1, -0.05) is 18.5 Å². The van der Waals surface area contributed by atoms with Gasteiger partial charge in [-0.25, -0.2) is 30.7 Å². The van der Waals surface area contributed by atoms with Crippen molar-refractivity contribution in [2.75, 3.05) is 28.5 Å². The van der Waals surface area contributed by atoms with Gasteiger partial charge in [-0.15, -0.1) is 0 Å². The Hall–Kier alpha value is -2.82. The fraction of sp³-hybridized carbons (Fsp3) is 0.435. The van der Waals surface area contributed by atoms with Crippen molar-refractivity contribution in [2.45, 2.75) is 50.0 Å². The van der Waals surface area contributed by atoms with Crippen LogP contribution in [-0.4, -0.2) is 59.7 Å². The Balaban J connectivity index is 1.97. The van der Waals surface area contributed by atoms with E-state index >= 15 is 0 Å². The molecule has 222 valence electrons.